The van der Waals surface area contributed by atoms with Gasteiger partial charge in [-0.15, -0.1) is 22.7 Å². The Labute approximate surface area is 125 Å². The van der Waals surface area contributed by atoms with E-state index < -0.39 is 17.4 Å². The first kappa shape index (κ1) is 13.5. The quantitative estimate of drug-likeness (QED) is 0.765. The molecule has 0 spiro atoms. The maximum atomic E-state index is 12.1. The number of fused-ring (bicyclic) bond motifs is 1. The Hall–Kier alpha value is -2.52. The largest absolute Gasteiger partial charge is 0.478 e. The van der Waals surface area contributed by atoms with Crippen LogP contribution in [-0.2, 0) is 0 Å². The lowest BCUT2D eigenvalue weighted by Gasteiger charge is -2.03. The molecule has 106 valence electrons. The highest BCUT2D eigenvalue weighted by Crippen LogP contribution is 2.23. The predicted molar refractivity (Wildman–Crippen MR) is 78.6 cm³/mol. The Morgan fingerprint density at radius 3 is 2.81 bits per heavy atom. The van der Waals surface area contributed by atoms with E-state index in [9.17, 15) is 14.4 Å². The number of carboxylic acids is 1. The first-order valence-electron chi connectivity index (χ1n) is 5.65. The number of nitrogens with one attached hydrogen (secondary N) is 1. The Balaban J connectivity index is 1.97. The fourth-order valence-corrected chi connectivity index (χ4v) is 3.17. The van der Waals surface area contributed by atoms with Crippen LogP contribution in [0.25, 0.3) is 4.96 Å². The number of thiazole rings is 1. The number of thiophene rings is 1. The van der Waals surface area contributed by atoms with E-state index in [1.165, 1.54) is 34.2 Å². The second kappa shape index (κ2) is 5.11. The molecule has 0 saturated heterocycles. The number of aromatic carboxylic acids is 1. The van der Waals surface area contributed by atoms with Gasteiger partial charge in [0.25, 0.3) is 11.5 Å². The van der Waals surface area contributed by atoms with Crippen molar-refractivity contribution in [1.82, 2.24) is 9.38 Å². The summed E-state index contributed by atoms with van der Waals surface area (Å²) in [5.41, 5.74) is -0.652. The van der Waals surface area contributed by atoms with Gasteiger partial charge < -0.3 is 10.4 Å². The van der Waals surface area contributed by atoms with Crippen LogP contribution in [0, 0.1) is 0 Å². The van der Waals surface area contributed by atoms with E-state index in [1.807, 2.05) is 0 Å². The molecule has 3 rings (SSSR count). The SMILES string of the molecule is O=C(O)c1ccsc1NC(=O)c1cnc2sccn2c1=O. The second-order valence-corrected chi connectivity index (χ2v) is 5.74. The minimum Gasteiger partial charge on any atom is -0.478 e. The molecule has 2 N–H and O–H groups in total. The Morgan fingerprint density at radius 2 is 2.05 bits per heavy atom. The van der Waals surface area contributed by atoms with Crippen molar-refractivity contribution in [2.75, 3.05) is 5.32 Å². The van der Waals surface area contributed by atoms with Crippen LogP contribution >= 0.6 is 22.7 Å². The van der Waals surface area contributed by atoms with Crippen LogP contribution in [0.2, 0.25) is 0 Å². The summed E-state index contributed by atoms with van der Waals surface area (Å²) in [6, 6.07) is 1.38. The van der Waals surface area contributed by atoms with E-state index in [2.05, 4.69) is 10.3 Å². The number of nitrogens with zero attached hydrogens (tertiary/aromatic N) is 2. The van der Waals surface area contributed by atoms with Crippen molar-refractivity contribution in [2.24, 2.45) is 0 Å². The molecule has 7 nitrogen and oxygen atoms in total. The summed E-state index contributed by atoms with van der Waals surface area (Å²) in [5.74, 6) is -1.83. The van der Waals surface area contributed by atoms with E-state index in [0.717, 1.165) is 11.3 Å². The van der Waals surface area contributed by atoms with Crippen LogP contribution in [0.5, 0.6) is 0 Å². The Kier molecular flexibility index (Phi) is 3.28. The molecule has 0 aromatic carbocycles. The molecule has 3 aromatic heterocycles. The van der Waals surface area contributed by atoms with Gasteiger partial charge in [0.05, 0.1) is 5.56 Å². The minimum absolute atomic E-state index is 0.0157. The monoisotopic (exact) mass is 321 g/mol. The van der Waals surface area contributed by atoms with Crippen LogP contribution in [0.3, 0.4) is 0 Å². The minimum atomic E-state index is -1.14. The fraction of sp³-hybridized carbons (Fsp3) is 0. The first-order valence-corrected chi connectivity index (χ1v) is 7.41. The first-order chi connectivity index (χ1) is 10.1. The van der Waals surface area contributed by atoms with Crippen molar-refractivity contribution in [3.8, 4) is 0 Å². The highest BCUT2D eigenvalue weighted by Gasteiger charge is 2.18. The third kappa shape index (κ3) is 2.32. The number of aromatic nitrogens is 2. The standard InChI is InChI=1S/C12H7N3O4S2/c16-8(14-9-6(11(18)19)1-3-20-9)7-5-13-12-15(10(7)17)2-4-21-12/h1-5H,(H,14,16)(H,18,19). The fourth-order valence-electron chi connectivity index (χ4n) is 1.73. The summed E-state index contributed by atoms with van der Waals surface area (Å²) in [6.07, 6.45) is 2.72. The zero-order valence-corrected chi connectivity index (χ0v) is 11.9. The van der Waals surface area contributed by atoms with Gasteiger partial charge in [-0.3, -0.25) is 14.0 Å². The van der Waals surface area contributed by atoms with Gasteiger partial charge in [0.1, 0.15) is 10.6 Å². The average molecular weight is 321 g/mol. The second-order valence-electron chi connectivity index (χ2n) is 3.96. The number of hydrogen-bond donors (Lipinski definition) is 2. The molecule has 1 amide bonds. The Morgan fingerprint density at radius 1 is 1.24 bits per heavy atom. The lowest BCUT2D eigenvalue weighted by atomic mass is 10.3. The highest BCUT2D eigenvalue weighted by atomic mass is 32.1. The van der Waals surface area contributed by atoms with Crippen LogP contribution in [0.4, 0.5) is 5.00 Å². The summed E-state index contributed by atoms with van der Waals surface area (Å²) in [7, 11) is 0. The molecule has 0 saturated carbocycles. The topological polar surface area (TPSA) is 101 Å². The van der Waals surface area contributed by atoms with Gasteiger partial charge in [-0.25, -0.2) is 9.78 Å². The van der Waals surface area contributed by atoms with Gasteiger partial charge in [-0.1, -0.05) is 0 Å². The molecular weight excluding hydrogens is 314 g/mol. The van der Waals surface area contributed by atoms with Crippen LogP contribution in [-0.4, -0.2) is 26.4 Å². The van der Waals surface area contributed by atoms with Gasteiger partial charge >= 0.3 is 5.97 Å². The zero-order valence-electron chi connectivity index (χ0n) is 10.3. The third-order valence-electron chi connectivity index (χ3n) is 2.71. The van der Waals surface area contributed by atoms with Crippen molar-refractivity contribution in [3.05, 3.63) is 50.7 Å². The molecule has 0 aliphatic heterocycles. The molecule has 0 aliphatic rings. The smallest absolute Gasteiger partial charge is 0.338 e. The maximum absolute atomic E-state index is 12.1. The normalized spacial score (nSPS) is 10.7. The van der Waals surface area contributed by atoms with E-state index >= 15 is 0 Å². The molecule has 0 aliphatic carbocycles. The Bertz CT molecular complexity index is 909. The number of carbonyl (C=O) groups excluding carboxylic acids is 1. The molecule has 3 aromatic rings. The molecule has 0 unspecified atom stereocenters. The lowest BCUT2D eigenvalue weighted by molar-refractivity contribution is 0.0698. The maximum Gasteiger partial charge on any atom is 0.338 e. The van der Waals surface area contributed by atoms with Gasteiger partial charge in [-0.05, 0) is 11.4 Å². The number of hydrogen-bond acceptors (Lipinski definition) is 6. The van der Waals surface area contributed by atoms with Gasteiger partial charge in [-0.2, -0.15) is 0 Å². The number of anilines is 1. The molecule has 0 radical (unpaired) electrons. The summed E-state index contributed by atoms with van der Waals surface area (Å²) < 4.78 is 1.27. The van der Waals surface area contributed by atoms with Crippen molar-refractivity contribution in [2.45, 2.75) is 0 Å². The van der Waals surface area contributed by atoms with E-state index in [4.69, 9.17) is 5.11 Å². The summed E-state index contributed by atoms with van der Waals surface area (Å²) in [6.45, 7) is 0. The van der Waals surface area contributed by atoms with Gasteiger partial charge in [0.15, 0.2) is 4.96 Å². The number of carbonyl (C=O) groups is 2. The molecule has 21 heavy (non-hydrogen) atoms. The van der Waals surface area contributed by atoms with Crippen molar-refractivity contribution in [3.63, 3.8) is 0 Å². The average Bonchev–Trinajstić information content (AvgIpc) is 3.07. The summed E-state index contributed by atoms with van der Waals surface area (Å²) in [4.78, 5) is 39.7. The number of carboxylic acid groups (broad SMARTS) is 1. The molecule has 0 bridgehead atoms. The highest BCUT2D eigenvalue weighted by molar-refractivity contribution is 7.15. The molecular formula is C12H7N3O4S2. The molecule has 3 heterocycles. The zero-order chi connectivity index (χ0) is 15.0. The summed E-state index contributed by atoms with van der Waals surface area (Å²) >= 11 is 2.35. The molecule has 0 atom stereocenters. The van der Waals surface area contributed by atoms with Gasteiger partial charge in [0.2, 0.25) is 0 Å². The third-order valence-corrected chi connectivity index (χ3v) is 4.31. The van der Waals surface area contributed by atoms with E-state index in [1.54, 1.807) is 10.8 Å². The van der Waals surface area contributed by atoms with Gasteiger partial charge in [0, 0.05) is 17.8 Å². The molecule has 0 fully saturated rings. The predicted octanol–water partition coefficient (Wildman–Crippen LogP) is 1.77. The summed E-state index contributed by atoms with van der Waals surface area (Å²) in [5, 5.41) is 14.8. The van der Waals surface area contributed by atoms with E-state index in [0.29, 0.717) is 4.96 Å². The van der Waals surface area contributed by atoms with E-state index in [-0.39, 0.29) is 16.1 Å². The van der Waals surface area contributed by atoms with Crippen LogP contribution in [0.15, 0.2) is 34.0 Å². The van der Waals surface area contributed by atoms with Crippen LogP contribution in [0.1, 0.15) is 20.7 Å². The van der Waals surface area contributed by atoms with Crippen molar-refractivity contribution < 1.29 is 14.7 Å². The number of rotatable bonds is 3. The lowest BCUT2D eigenvalue weighted by Crippen LogP contribution is -2.26. The van der Waals surface area contributed by atoms with Crippen molar-refractivity contribution >= 4 is 44.5 Å². The van der Waals surface area contributed by atoms with Crippen LogP contribution < -0.4 is 10.9 Å². The number of amides is 1. The van der Waals surface area contributed by atoms with Crippen molar-refractivity contribution in [1.29, 1.82) is 0 Å². The molecule has 9 heteroatoms.